The first-order valence-corrected chi connectivity index (χ1v) is 6.88. The molecule has 0 bridgehead atoms. The minimum atomic E-state index is -3.36. The third kappa shape index (κ3) is 5.25. The van der Waals surface area contributed by atoms with Gasteiger partial charge in [0, 0.05) is 6.04 Å². The van der Waals surface area contributed by atoms with Gasteiger partial charge < -0.3 is 5.32 Å². The summed E-state index contributed by atoms with van der Waals surface area (Å²) < 4.78 is 26.5. The Morgan fingerprint density at radius 3 is 2.44 bits per heavy atom. The van der Waals surface area contributed by atoms with Crippen LogP contribution in [-0.2, 0) is 20.7 Å². The molecule has 0 aromatic heterocycles. The van der Waals surface area contributed by atoms with Crippen molar-refractivity contribution in [2.45, 2.75) is 12.5 Å². The second kappa shape index (κ2) is 5.98. The summed E-state index contributed by atoms with van der Waals surface area (Å²) in [5.74, 6) is 0. The van der Waals surface area contributed by atoms with Crippen molar-refractivity contribution < 1.29 is 12.6 Å². The van der Waals surface area contributed by atoms with Gasteiger partial charge in [-0.15, -0.1) is 0 Å². The molecule has 0 saturated heterocycles. The van der Waals surface area contributed by atoms with Gasteiger partial charge >= 0.3 is 0 Å². The molecule has 1 aromatic rings. The van der Waals surface area contributed by atoms with Crippen molar-refractivity contribution in [3.05, 3.63) is 35.9 Å². The molecule has 0 aliphatic carbocycles. The summed E-state index contributed by atoms with van der Waals surface area (Å²) >= 11 is 0. The molecule has 1 rings (SSSR count). The lowest BCUT2D eigenvalue weighted by Gasteiger charge is -2.15. The normalized spacial score (nSPS) is 13.6. The first kappa shape index (κ1) is 13.2. The SMILES string of the molecule is CNC(COS(C)(=O)=O)Cc1ccccc1. The third-order valence-corrected chi connectivity index (χ3v) is 2.78. The van der Waals surface area contributed by atoms with Crippen molar-refractivity contribution in [3.8, 4) is 0 Å². The zero-order valence-electron chi connectivity index (χ0n) is 9.51. The minimum Gasteiger partial charge on any atom is -0.314 e. The largest absolute Gasteiger partial charge is 0.314 e. The molecule has 0 spiro atoms. The molecular formula is C11H17NO3S. The second-order valence-electron chi connectivity index (χ2n) is 3.66. The van der Waals surface area contributed by atoms with Gasteiger partial charge in [-0.3, -0.25) is 4.18 Å². The molecule has 1 atom stereocenters. The predicted molar refractivity (Wildman–Crippen MR) is 63.8 cm³/mol. The highest BCUT2D eigenvalue weighted by molar-refractivity contribution is 7.85. The van der Waals surface area contributed by atoms with Crippen molar-refractivity contribution in [2.24, 2.45) is 0 Å². The van der Waals surface area contributed by atoms with E-state index in [9.17, 15) is 8.42 Å². The van der Waals surface area contributed by atoms with Crippen LogP contribution in [0, 0.1) is 0 Å². The fraction of sp³-hybridized carbons (Fsp3) is 0.455. The molecule has 0 aliphatic heterocycles. The van der Waals surface area contributed by atoms with E-state index in [0.29, 0.717) is 0 Å². The lowest BCUT2D eigenvalue weighted by molar-refractivity contribution is 0.276. The summed E-state index contributed by atoms with van der Waals surface area (Å²) in [6.45, 7) is 0.157. The molecular weight excluding hydrogens is 226 g/mol. The van der Waals surface area contributed by atoms with E-state index >= 15 is 0 Å². The summed E-state index contributed by atoms with van der Waals surface area (Å²) in [4.78, 5) is 0. The highest BCUT2D eigenvalue weighted by Gasteiger charge is 2.10. The summed E-state index contributed by atoms with van der Waals surface area (Å²) in [5, 5.41) is 3.03. The third-order valence-electron chi connectivity index (χ3n) is 2.22. The molecule has 0 amide bonds. The van der Waals surface area contributed by atoms with Crippen LogP contribution in [-0.4, -0.2) is 34.4 Å². The van der Waals surface area contributed by atoms with Gasteiger partial charge in [0.15, 0.2) is 0 Å². The molecule has 0 heterocycles. The van der Waals surface area contributed by atoms with Gasteiger partial charge in [-0.25, -0.2) is 0 Å². The van der Waals surface area contributed by atoms with Gasteiger partial charge in [0.1, 0.15) is 0 Å². The number of hydrogen-bond donors (Lipinski definition) is 1. The van der Waals surface area contributed by atoms with Crippen molar-refractivity contribution in [1.29, 1.82) is 0 Å². The predicted octanol–water partition coefficient (Wildman–Crippen LogP) is 0.793. The molecule has 4 nitrogen and oxygen atoms in total. The molecule has 5 heteroatoms. The Balaban J connectivity index is 2.50. The van der Waals surface area contributed by atoms with Crippen LogP contribution in [0.15, 0.2) is 30.3 Å². The van der Waals surface area contributed by atoms with E-state index in [1.807, 2.05) is 30.3 Å². The standard InChI is InChI=1S/C11H17NO3S/c1-12-11(9-15-16(2,13)14)8-10-6-4-3-5-7-10/h3-7,11-12H,8-9H2,1-2H3. The molecule has 16 heavy (non-hydrogen) atoms. The molecule has 0 fully saturated rings. The maximum Gasteiger partial charge on any atom is 0.264 e. The van der Waals surface area contributed by atoms with Crippen LogP contribution in [0.1, 0.15) is 5.56 Å². The number of benzene rings is 1. The maximum absolute atomic E-state index is 10.9. The van der Waals surface area contributed by atoms with Crippen molar-refractivity contribution >= 4 is 10.1 Å². The average molecular weight is 243 g/mol. The minimum absolute atomic E-state index is 0.00266. The molecule has 1 N–H and O–H groups in total. The molecule has 1 unspecified atom stereocenters. The second-order valence-corrected chi connectivity index (χ2v) is 5.31. The molecule has 0 aliphatic rings. The van der Waals surface area contributed by atoms with E-state index in [1.54, 1.807) is 7.05 Å². The molecule has 90 valence electrons. The van der Waals surface area contributed by atoms with Crippen molar-refractivity contribution in [2.75, 3.05) is 19.9 Å². The number of likely N-dealkylation sites (N-methyl/N-ethyl adjacent to an activating group) is 1. The van der Waals surface area contributed by atoms with Crippen molar-refractivity contribution in [1.82, 2.24) is 5.32 Å². The van der Waals surface area contributed by atoms with Gasteiger partial charge in [0.05, 0.1) is 12.9 Å². The Morgan fingerprint density at radius 2 is 1.94 bits per heavy atom. The smallest absolute Gasteiger partial charge is 0.264 e. The van der Waals surface area contributed by atoms with E-state index in [1.165, 1.54) is 0 Å². The Labute approximate surface area is 96.8 Å². The first-order chi connectivity index (χ1) is 7.51. The Bertz CT molecular complexity index is 402. The lowest BCUT2D eigenvalue weighted by atomic mass is 10.1. The van der Waals surface area contributed by atoms with Gasteiger partial charge in [0.2, 0.25) is 0 Å². The van der Waals surface area contributed by atoms with E-state index in [4.69, 9.17) is 4.18 Å². The lowest BCUT2D eigenvalue weighted by Crippen LogP contribution is -2.33. The van der Waals surface area contributed by atoms with Gasteiger partial charge in [-0.05, 0) is 19.0 Å². The Kier molecular flexibility index (Phi) is 4.92. The highest BCUT2D eigenvalue weighted by Crippen LogP contribution is 2.04. The number of rotatable bonds is 6. The highest BCUT2D eigenvalue weighted by atomic mass is 32.2. The molecule has 0 saturated carbocycles. The van der Waals surface area contributed by atoms with Crippen LogP contribution in [0.25, 0.3) is 0 Å². The summed E-state index contributed by atoms with van der Waals surface area (Å²) in [6, 6.07) is 9.87. The van der Waals surface area contributed by atoms with Crippen LogP contribution in [0.2, 0.25) is 0 Å². The van der Waals surface area contributed by atoms with Crippen LogP contribution < -0.4 is 5.32 Å². The van der Waals surface area contributed by atoms with E-state index in [2.05, 4.69) is 5.32 Å². The van der Waals surface area contributed by atoms with Crippen LogP contribution in [0.3, 0.4) is 0 Å². The average Bonchev–Trinajstić information content (AvgIpc) is 2.24. The maximum atomic E-state index is 10.9. The monoisotopic (exact) mass is 243 g/mol. The Morgan fingerprint density at radius 1 is 1.31 bits per heavy atom. The van der Waals surface area contributed by atoms with E-state index < -0.39 is 10.1 Å². The zero-order chi connectivity index (χ0) is 12.0. The number of nitrogens with one attached hydrogen (secondary N) is 1. The quantitative estimate of drug-likeness (QED) is 0.751. The summed E-state index contributed by atoms with van der Waals surface area (Å²) in [7, 11) is -1.57. The molecule has 1 aromatic carbocycles. The van der Waals surface area contributed by atoms with E-state index in [0.717, 1.165) is 18.2 Å². The summed E-state index contributed by atoms with van der Waals surface area (Å²) in [6.07, 6.45) is 1.80. The van der Waals surface area contributed by atoms with E-state index in [-0.39, 0.29) is 12.6 Å². The summed E-state index contributed by atoms with van der Waals surface area (Å²) in [5.41, 5.74) is 1.15. The van der Waals surface area contributed by atoms with Gasteiger partial charge in [-0.2, -0.15) is 8.42 Å². The van der Waals surface area contributed by atoms with Crippen LogP contribution in [0.5, 0.6) is 0 Å². The Hall–Kier alpha value is -0.910. The first-order valence-electron chi connectivity index (χ1n) is 5.07. The van der Waals surface area contributed by atoms with Gasteiger partial charge in [0.25, 0.3) is 10.1 Å². The topological polar surface area (TPSA) is 55.4 Å². The number of hydrogen-bond acceptors (Lipinski definition) is 4. The van der Waals surface area contributed by atoms with Crippen molar-refractivity contribution in [3.63, 3.8) is 0 Å². The zero-order valence-corrected chi connectivity index (χ0v) is 10.3. The fourth-order valence-electron chi connectivity index (χ4n) is 1.35. The fourth-order valence-corrected chi connectivity index (χ4v) is 1.76. The van der Waals surface area contributed by atoms with Crippen LogP contribution >= 0.6 is 0 Å². The van der Waals surface area contributed by atoms with Crippen LogP contribution in [0.4, 0.5) is 0 Å². The van der Waals surface area contributed by atoms with Gasteiger partial charge in [-0.1, -0.05) is 30.3 Å². The molecule has 0 radical (unpaired) electrons.